The molecule has 0 bridgehead atoms. The zero-order chi connectivity index (χ0) is 49.7. The number of carboxylic acid groups (broad SMARTS) is 1. The Morgan fingerprint density at radius 2 is 1.49 bits per heavy atom. The Kier molecular flexibility index (Phi) is 14.1. The molecule has 2 aromatic heterocycles. The number of nitrogens with one attached hydrogen (secondary N) is 3. The number of imidazole rings is 1. The minimum atomic E-state index is -1.41. The van der Waals surface area contributed by atoms with Gasteiger partial charge in [-0.2, -0.15) is 0 Å². The van der Waals surface area contributed by atoms with E-state index < -0.39 is 83.5 Å². The van der Waals surface area contributed by atoms with Crippen LogP contribution in [0, 0.1) is 23.5 Å². The van der Waals surface area contributed by atoms with Gasteiger partial charge in [-0.05, 0) is 108 Å². The number of H-pyrrole nitrogens is 1. The number of hydrogen-bond donors (Lipinski definition) is 4. The Balaban J connectivity index is 1.20. The van der Waals surface area contributed by atoms with Gasteiger partial charge in [0.1, 0.15) is 47.6 Å². The molecule has 2 saturated heterocycles. The molecule has 0 radical (unpaired) electrons. The highest BCUT2D eigenvalue weighted by molar-refractivity contribution is 5.94. The highest BCUT2D eigenvalue weighted by Crippen LogP contribution is 2.51. The fourth-order valence-electron chi connectivity index (χ4n) is 9.58. The van der Waals surface area contributed by atoms with Gasteiger partial charge in [0, 0.05) is 56.6 Å². The van der Waals surface area contributed by atoms with Crippen molar-refractivity contribution in [3.63, 3.8) is 0 Å². The number of ether oxygens (including phenoxy) is 1. The van der Waals surface area contributed by atoms with E-state index in [9.17, 15) is 42.7 Å². The number of likely N-dealkylation sites (N-methyl/N-ethyl adjacent to an activating group) is 2. The molecule has 0 spiro atoms. The lowest BCUT2D eigenvalue weighted by molar-refractivity contribution is -0.139. The second-order valence-corrected chi connectivity index (χ2v) is 19.5. The molecule has 3 fully saturated rings. The molecule has 9 atom stereocenters. The Labute approximate surface area is 392 Å². The quantitative estimate of drug-likeness (QED) is 0.113. The minimum Gasteiger partial charge on any atom is -0.465 e. The third-order valence-electron chi connectivity index (χ3n) is 13.8. The van der Waals surface area contributed by atoms with Gasteiger partial charge in [-0.3, -0.25) is 29.0 Å². The van der Waals surface area contributed by atoms with Gasteiger partial charge in [0.2, 0.25) is 23.6 Å². The molecule has 68 heavy (non-hydrogen) atoms. The maximum absolute atomic E-state index is 15.5. The second-order valence-electron chi connectivity index (χ2n) is 19.5. The van der Waals surface area contributed by atoms with Crippen LogP contribution < -0.4 is 10.6 Å². The highest BCUT2D eigenvalue weighted by atomic mass is 19.1. The van der Waals surface area contributed by atoms with Crippen molar-refractivity contribution in [3.05, 3.63) is 53.6 Å². The molecule has 2 aromatic carbocycles. The number of aromatic amines is 1. The number of aromatic nitrogens is 3. The molecule has 1 aliphatic carbocycles. The van der Waals surface area contributed by atoms with Gasteiger partial charge in [0.05, 0.1) is 29.3 Å². The highest BCUT2D eigenvalue weighted by Gasteiger charge is 2.55. The number of hydrogen-bond acceptors (Lipinski definition) is 8. The second kappa shape index (κ2) is 19.3. The number of rotatable bonds is 15. The van der Waals surface area contributed by atoms with E-state index in [-0.39, 0.29) is 62.6 Å². The lowest BCUT2D eigenvalue weighted by Crippen LogP contribution is -2.55. The van der Waals surface area contributed by atoms with Gasteiger partial charge in [-0.25, -0.2) is 27.7 Å². The summed E-state index contributed by atoms with van der Waals surface area (Å²) in [6.45, 7) is 12.0. The molecule has 4 heterocycles. The molecule has 17 nitrogen and oxygen atoms in total. The maximum atomic E-state index is 15.5. The van der Waals surface area contributed by atoms with Gasteiger partial charge < -0.3 is 39.8 Å². The molecule has 2 aliphatic heterocycles. The SMILES string of the molecule is CCC(NC(=O)C(C)N(C)C(=O)O)C(=O)N1C[C@@H](F)C[C@H]1Cc1c(-c2nc3cc(F)ccc3n2C[C@@H]2[C@H]3C[C@H]3CN2C(=O)C(CC)NC(=O)C(C)N(C)C(=O)OC(C)(C)C)[nH]c2cc(F)ccc12. The predicted octanol–water partition coefficient (Wildman–Crippen LogP) is 5.83. The summed E-state index contributed by atoms with van der Waals surface area (Å²) in [5.41, 5.74) is 1.50. The normalized spacial score (nSPS) is 21.8. The van der Waals surface area contributed by atoms with E-state index >= 15 is 4.39 Å². The molecule has 7 rings (SSSR count). The number of alkyl halides is 1. The Bertz CT molecular complexity index is 2610. The van der Waals surface area contributed by atoms with Crippen LogP contribution in [0.4, 0.5) is 22.8 Å². The number of nitrogens with zero attached hydrogens (tertiary/aromatic N) is 6. The summed E-state index contributed by atoms with van der Waals surface area (Å²) in [5.74, 6) is -2.43. The van der Waals surface area contributed by atoms with Crippen molar-refractivity contribution in [3.8, 4) is 11.5 Å². The van der Waals surface area contributed by atoms with Crippen molar-refractivity contribution >= 4 is 57.8 Å². The van der Waals surface area contributed by atoms with E-state index in [4.69, 9.17) is 9.72 Å². The fraction of sp³-hybridized carbons (Fsp3) is 0.562. The summed E-state index contributed by atoms with van der Waals surface area (Å²) in [7, 11) is 2.70. The van der Waals surface area contributed by atoms with Crippen LogP contribution in [-0.2, 0) is 36.9 Å². The van der Waals surface area contributed by atoms with Crippen molar-refractivity contribution in [2.45, 2.75) is 135 Å². The first-order valence-electron chi connectivity index (χ1n) is 23.2. The molecule has 368 valence electrons. The largest absolute Gasteiger partial charge is 0.465 e. The third kappa shape index (κ3) is 10.1. The Morgan fingerprint density at radius 1 is 0.882 bits per heavy atom. The summed E-state index contributed by atoms with van der Waals surface area (Å²) in [5, 5.41) is 15.5. The first-order valence-corrected chi connectivity index (χ1v) is 23.2. The molecule has 1 saturated carbocycles. The van der Waals surface area contributed by atoms with Gasteiger partial charge in [-0.1, -0.05) is 13.8 Å². The lowest BCUT2D eigenvalue weighted by Gasteiger charge is -2.33. The number of benzene rings is 2. The molecule has 4 unspecified atom stereocenters. The summed E-state index contributed by atoms with van der Waals surface area (Å²) < 4.78 is 52.7. The van der Waals surface area contributed by atoms with Crippen molar-refractivity contribution < 1.29 is 51.8 Å². The van der Waals surface area contributed by atoms with Crippen molar-refractivity contribution in [1.29, 1.82) is 0 Å². The maximum Gasteiger partial charge on any atom is 0.410 e. The summed E-state index contributed by atoms with van der Waals surface area (Å²) in [6.07, 6.45) is -2.10. The predicted molar refractivity (Wildman–Crippen MR) is 246 cm³/mol. The number of amides is 6. The van der Waals surface area contributed by atoms with E-state index in [2.05, 4.69) is 15.6 Å². The monoisotopic (exact) mass is 949 g/mol. The van der Waals surface area contributed by atoms with Crippen LogP contribution in [0.2, 0.25) is 0 Å². The molecule has 20 heteroatoms. The zero-order valence-electron chi connectivity index (χ0n) is 39.9. The standard InChI is InChI=1S/C48H62F3N9O8/c1-10-34(54-42(61)24(3)56(8)46(65)66)44(63)58-22-29(51)17-30(58)20-33-31-14-12-27(49)18-36(31)52-40(33)41-53-37-19-28(50)13-15-38(37)59(41)23-39-32-16-26(32)21-60(39)45(64)35(11-2)55-43(62)25(4)57(9)47(67)68-48(5,6)7/h12-15,18-19,24-26,29-30,32,34-35,39,52H,10-11,16-17,20-23H2,1-9H3,(H,54,61)(H,55,62)(H,65,66)/t24?,25?,26-,29-,30-,32-,34?,35?,39+/m0/s1. The van der Waals surface area contributed by atoms with Crippen LogP contribution in [0.3, 0.4) is 0 Å². The first kappa shape index (κ1) is 49.6. The zero-order valence-corrected chi connectivity index (χ0v) is 39.9. The van der Waals surface area contributed by atoms with E-state index in [1.165, 1.54) is 55.1 Å². The number of halogens is 3. The van der Waals surface area contributed by atoms with Crippen molar-refractivity contribution in [2.75, 3.05) is 27.2 Å². The fourth-order valence-corrected chi connectivity index (χ4v) is 9.58. The smallest absolute Gasteiger partial charge is 0.410 e. The van der Waals surface area contributed by atoms with E-state index in [1.54, 1.807) is 58.6 Å². The van der Waals surface area contributed by atoms with E-state index in [0.717, 1.165) is 11.3 Å². The third-order valence-corrected chi connectivity index (χ3v) is 13.8. The van der Waals surface area contributed by atoms with Crippen LogP contribution in [0.25, 0.3) is 33.5 Å². The van der Waals surface area contributed by atoms with Crippen LogP contribution >= 0.6 is 0 Å². The van der Waals surface area contributed by atoms with Crippen LogP contribution in [0.15, 0.2) is 36.4 Å². The topological polar surface area (TPSA) is 203 Å². The van der Waals surface area contributed by atoms with Gasteiger partial charge in [-0.15, -0.1) is 0 Å². The van der Waals surface area contributed by atoms with Crippen LogP contribution in [0.1, 0.15) is 79.7 Å². The molecule has 3 aliphatic rings. The molecule has 4 aromatic rings. The average Bonchev–Trinajstić information content (AvgIpc) is 3.49. The molecule has 6 amide bonds. The molecular weight excluding hydrogens is 888 g/mol. The molecule has 4 N–H and O–H groups in total. The summed E-state index contributed by atoms with van der Waals surface area (Å²) >= 11 is 0. The van der Waals surface area contributed by atoms with Crippen molar-refractivity contribution in [2.24, 2.45) is 11.8 Å². The van der Waals surface area contributed by atoms with E-state index in [0.29, 0.717) is 45.6 Å². The summed E-state index contributed by atoms with van der Waals surface area (Å²) in [6, 6.07) is 3.26. The van der Waals surface area contributed by atoms with Gasteiger partial charge in [0.25, 0.3) is 0 Å². The summed E-state index contributed by atoms with van der Waals surface area (Å²) in [4.78, 5) is 93.1. The molecular formula is C48H62F3N9O8. The van der Waals surface area contributed by atoms with Gasteiger partial charge >= 0.3 is 12.2 Å². The number of carbonyl (C=O) groups is 6. The van der Waals surface area contributed by atoms with Crippen LogP contribution in [-0.4, -0.2) is 150 Å². The number of piperidine rings is 1. The van der Waals surface area contributed by atoms with Gasteiger partial charge in [0.15, 0.2) is 5.82 Å². The Hall–Kier alpha value is -6.34. The van der Waals surface area contributed by atoms with Crippen LogP contribution in [0.5, 0.6) is 0 Å². The number of likely N-dealkylation sites (tertiary alicyclic amines) is 2. The average molecular weight is 950 g/mol. The first-order chi connectivity index (χ1) is 32.0. The van der Waals surface area contributed by atoms with Crippen molar-refractivity contribution in [1.82, 2.24) is 44.8 Å². The number of fused-ring (bicyclic) bond motifs is 3. The Morgan fingerprint density at radius 3 is 2.10 bits per heavy atom. The van der Waals surface area contributed by atoms with E-state index in [1.807, 2.05) is 4.57 Å². The number of carbonyl (C=O) groups excluding carboxylic acids is 5. The lowest BCUT2D eigenvalue weighted by atomic mass is 9.99. The minimum absolute atomic E-state index is 0.0450.